The molecule has 7 heteroatoms. The van der Waals surface area contributed by atoms with Gasteiger partial charge in [0.05, 0.1) is 16.2 Å². The third-order valence-corrected chi connectivity index (χ3v) is 7.26. The lowest BCUT2D eigenvalue weighted by molar-refractivity contribution is -0.00118. The first kappa shape index (κ1) is 18.0. The van der Waals surface area contributed by atoms with Crippen LogP contribution in [0.2, 0.25) is 0 Å². The van der Waals surface area contributed by atoms with E-state index in [-0.39, 0.29) is 17.3 Å². The standard InChI is InChI=1S/C20H23N3O3S/c1-22-19(24)21-13-20(22)14-23(15-20)11-16-7-5-6-8-17(16)12-27(25,26)18-9-3-2-4-10-18/h2-10H,11-15H2,1H3,(H,21,24). The van der Waals surface area contributed by atoms with Gasteiger partial charge in [-0.05, 0) is 23.3 Å². The third-order valence-electron chi connectivity index (χ3n) is 5.58. The molecule has 2 aromatic rings. The van der Waals surface area contributed by atoms with Crippen molar-refractivity contribution in [2.45, 2.75) is 22.7 Å². The summed E-state index contributed by atoms with van der Waals surface area (Å²) in [4.78, 5) is 16.1. The van der Waals surface area contributed by atoms with Gasteiger partial charge in [0.25, 0.3) is 0 Å². The molecule has 1 spiro atoms. The number of nitrogens with zero attached hydrogens (tertiary/aromatic N) is 2. The maximum Gasteiger partial charge on any atom is 0.317 e. The van der Waals surface area contributed by atoms with Crippen LogP contribution in [0.1, 0.15) is 11.1 Å². The minimum Gasteiger partial charge on any atom is -0.336 e. The maximum atomic E-state index is 12.7. The van der Waals surface area contributed by atoms with Gasteiger partial charge in [0.2, 0.25) is 0 Å². The second kappa shape index (κ2) is 6.65. The number of carbonyl (C=O) groups excluding carboxylic acids is 1. The van der Waals surface area contributed by atoms with Crippen molar-refractivity contribution >= 4 is 15.9 Å². The van der Waals surface area contributed by atoms with Crippen molar-refractivity contribution in [3.05, 3.63) is 65.7 Å². The summed E-state index contributed by atoms with van der Waals surface area (Å²) in [5.41, 5.74) is 1.73. The Morgan fingerprint density at radius 3 is 2.26 bits per heavy atom. The summed E-state index contributed by atoms with van der Waals surface area (Å²) in [5, 5.41) is 2.89. The molecule has 0 aromatic heterocycles. The van der Waals surface area contributed by atoms with Crippen molar-refractivity contribution in [1.29, 1.82) is 0 Å². The summed E-state index contributed by atoms with van der Waals surface area (Å²) in [6.45, 7) is 2.94. The van der Waals surface area contributed by atoms with E-state index in [1.165, 1.54) is 0 Å². The number of carbonyl (C=O) groups is 1. The Hall–Kier alpha value is -2.38. The highest BCUT2D eigenvalue weighted by molar-refractivity contribution is 7.90. The van der Waals surface area contributed by atoms with E-state index in [0.717, 1.165) is 24.2 Å². The number of benzene rings is 2. The molecule has 4 rings (SSSR count). The van der Waals surface area contributed by atoms with Gasteiger partial charge >= 0.3 is 6.03 Å². The lowest BCUT2D eigenvalue weighted by atomic mass is 9.89. The van der Waals surface area contributed by atoms with Gasteiger partial charge < -0.3 is 10.2 Å². The molecule has 142 valence electrons. The summed E-state index contributed by atoms with van der Waals surface area (Å²) in [7, 11) is -1.55. The Morgan fingerprint density at radius 1 is 1.00 bits per heavy atom. The van der Waals surface area contributed by atoms with Gasteiger partial charge in [-0.25, -0.2) is 13.2 Å². The van der Waals surface area contributed by atoms with Gasteiger partial charge in [-0.15, -0.1) is 0 Å². The van der Waals surface area contributed by atoms with Crippen molar-refractivity contribution in [3.8, 4) is 0 Å². The number of urea groups is 1. The highest BCUT2D eigenvalue weighted by atomic mass is 32.2. The number of likely N-dealkylation sites (tertiary alicyclic amines) is 1. The van der Waals surface area contributed by atoms with Crippen molar-refractivity contribution in [2.75, 3.05) is 26.7 Å². The summed E-state index contributed by atoms with van der Waals surface area (Å²) in [5.74, 6) is -0.00782. The van der Waals surface area contributed by atoms with Gasteiger partial charge in [-0.3, -0.25) is 4.90 Å². The zero-order valence-electron chi connectivity index (χ0n) is 15.3. The number of amides is 2. The Morgan fingerprint density at radius 2 is 1.63 bits per heavy atom. The largest absolute Gasteiger partial charge is 0.336 e. The predicted octanol–water partition coefficient (Wildman–Crippen LogP) is 1.87. The first-order valence-electron chi connectivity index (χ1n) is 8.98. The minimum atomic E-state index is -3.38. The maximum absolute atomic E-state index is 12.7. The molecule has 2 fully saturated rings. The number of rotatable bonds is 5. The van der Waals surface area contributed by atoms with E-state index in [1.807, 2.05) is 37.4 Å². The Balaban J connectivity index is 1.48. The Labute approximate surface area is 159 Å². The second-order valence-electron chi connectivity index (χ2n) is 7.43. The number of likely N-dealkylation sites (N-methyl/N-ethyl adjacent to an activating group) is 1. The monoisotopic (exact) mass is 385 g/mol. The van der Waals surface area contributed by atoms with Gasteiger partial charge in [0.1, 0.15) is 0 Å². The zero-order valence-corrected chi connectivity index (χ0v) is 16.1. The average molecular weight is 385 g/mol. The van der Waals surface area contributed by atoms with E-state index < -0.39 is 9.84 Å². The first-order valence-corrected chi connectivity index (χ1v) is 10.6. The van der Waals surface area contributed by atoms with Gasteiger partial charge in [0.15, 0.2) is 9.84 Å². The highest BCUT2D eigenvalue weighted by Gasteiger charge is 2.51. The van der Waals surface area contributed by atoms with Gasteiger partial charge in [-0.2, -0.15) is 0 Å². The molecule has 2 aliphatic heterocycles. The topological polar surface area (TPSA) is 69.7 Å². The van der Waals surface area contributed by atoms with Gasteiger partial charge in [-0.1, -0.05) is 42.5 Å². The molecule has 6 nitrogen and oxygen atoms in total. The fourth-order valence-corrected chi connectivity index (χ4v) is 5.35. The summed E-state index contributed by atoms with van der Waals surface area (Å²) in [6.07, 6.45) is 0. The van der Waals surface area contributed by atoms with Crippen molar-refractivity contribution in [2.24, 2.45) is 0 Å². The quantitative estimate of drug-likeness (QED) is 0.853. The number of nitrogens with one attached hydrogen (secondary N) is 1. The zero-order chi connectivity index (χ0) is 19.1. The molecule has 2 aliphatic rings. The van der Waals surface area contributed by atoms with Gasteiger partial charge in [0, 0.05) is 33.2 Å². The summed E-state index contributed by atoms with van der Waals surface area (Å²) >= 11 is 0. The van der Waals surface area contributed by atoms with Crippen LogP contribution in [0.15, 0.2) is 59.5 Å². The van der Waals surface area contributed by atoms with Crippen molar-refractivity contribution < 1.29 is 13.2 Å². The molecule has 0 bridgehead atoms. The number of hydrogen-bond acceptors (Lipinski definition) is 4. The van der Waals surface area contributed by atoms with Crippen LogP contribution in [0.25, 0.3) is 0 Å². The van der Waals surface area contributed by atoms with Crippen LogP contribution in [-0.4, -0.2) is 56.5 Å². The minimum absolute atomic E-state index is 0.00782. The van der Waals surface area contributed by atoms with E-state index in [0.29, 0.717) is 18.0 Å². The summed E-state index contributed by atoms with van der Waals surface area (Å²) < 4.78 is 25.5. The number of hydrogen-bond donors (Lipinski definition) is 1. The van der Waals surface area contributed by atoms with Crippen LogP contribution in [0.3, 0.4) is 0 Å². The molecular weight excluding hydrogens is 362 g/mol. The second-order valence-corrected chi connectivity index (χ2v) is 9.42. The number of sulfone groups is 1. The Kier molecular flexibility index (Phi) is 4.44. The smallest absolute Gasteiger partial charge is 0.317 e. The van der Waals surface area contributed by atoms with E-state index in [2.05, 4.69) is 10.2 Å². The molecule has 0 saturated carbocycles. The fourth-order valence-electron chi connectivity index (χ4n) is 3.92. The van der Waals surface area contributed by atoms with Crippen LogP contribution in [-0.2, 0) is 22.1 Å². The molecule has 2 amide bonds. The van der Waals surface area contributed by atoms with Crippen LogP contribution >= 0.6 is 0 Å². The normalized spacial score (nSPS) is 19.1. The molecule has 2 heterocycles. The Bertz CT molecular complexity index is 953. The van der Waals surface area contributed by atoms with Crippen molar-refractivity contribution in [3.63, 3.8) is 0 Å². The molecule has 0 atom stereocenters. The molecule has 0 radical (unpaired) electrons. The fraction of sp³-hybridized carbons (Fsp3) is 0.350. The van der Waals surface area contributed by atoms with Crippen LogP contribution in [0.5, 0.6) is 0 Å². The molecule has 2 aromatic carbocycles. The summed E-state index contributed by atoms with van der Waals surface area (Å²) in [6, 6.07) is 16.2. The molecule has 27 heavy (non-hydrogen) atoms. The molecule has 0 aliphatic carbocycles. The van der Waals surface area contributed by atoms with E-state index in [9.17, 15) is 13.2 Å². The van der Waals surface area contributed by atoms with E-state index in [1.54, 1.807) is 29.2 Å². The van der Waals surface area contributed by atoms with E-state index >= 15 is 0 Å². The van der Waals surface area contributed by atoms with Crippen LogP contribution in [0, 0.1) is 0 Å². The van der Waals surface area contributed by atoms with Crippen LogP contribution in [0.4, 0.5) is 4.79 Å². The SMILES string of the molecule is CN1C(=O)NCC12CN(Cc1ccccc1CS(=O)(=O)c1ccccc1)C2. The third kappa shape index (κ3) is 3.33. The average Bonchev–Trinajstić information content (AvgIpc) is 2.93. The first-order chi connectivity index (χ1) is 12.9. The molecule has 1 N–H and O–H groups in total. The lowest BCUT2D eigenvalue weighted by Gasteiger charge is -2.50. The van der Waals surface area contributed by atoms with Crippen LogP contribution < -0.4 is 5.32 Å². The van der Waals surface area contributed by atoms with E-state index in [4.69, 9.17) is 0 Å². The molecule has 0 unspecified atom stereocenters. The lowest BCUT2D eigenvalue weighted by Crippen LogP contribution is -2.68. The predicted molar refractivity (Wildman–Crippen MR) is 103 cm³/mol. The highest BCUT2D eigenvalue weighted by Crippen LogP contribution is 2.32. The molecular formula is C20H23N3O3S. The molecule has 2 saturated heterocycles. The van der Waals surface area contributed by atoms with Crippen molar-refractivity contribution in [1.82, 2.24) is 15.1 Å².